The van der Waals surface area contributed by atoms with Gasteiger partial charge in [0.25, 0.3) is 0 Å². The molecule has 0 unspecified atom stereocenters. The zero-order valence-corrected chi connectivity index (χ0v) is 10.0. The summed E-state index contributed by atoms with van der Waals surface area (Å²) >= 11 is 0. The second kappa shape index (κ2) is 5.31. The Balaban J connectivity index is 4.16. The summed E-state index contributed by atoms with van der Waals surface area (Å²) in [6, 6.07) is 0. The molecule has 0 amide bonds. The van der Waals surface area contributed by atoms with Gasteiger partial charge in [-0.3, -0.25) is 4.99 Å². The molecule has 5 nitrogen and oxygen atoms in total. The molecule has 0 spiro atoms. The van der Waals surface area contributed by atoms with Crippen LogP contribution in [0.2, 0.25) is 0 Å². The minimum atomic E-state index is -3.15. The van der Waals surface area contributed by atoms with Crippen molar-refractivity contribution in [2.24, 2.45) is 16.6 Å². The minimum Gasteiger partial charge on any atom is -0.387 e. The summed E-state index contributed by atoms with van der Waals surface area (Å²) in [5.41, 5.74) is 5.56. The predicted molar refractivity (Wildman–Crippen MR) is 58.8 cm³/mol. The Bertz CT molecular complexity index is 294. The van der Waals surface area contributed by atoms with Crippen LogP contribution in [0.15, 0.2) is 4.99 Å². The molecule has 0 aromatic rings. The van der Waals surface area contributed by atoms with E-state index in [0.717, 1.165) is 0 Å². The maximum Gasteiger partial charge on any atom is 0.215 e. The van der Waals surface area contributed by atoms with Crippen molar-refractivity contribution in [2.75, 3.05) is 26.4 Å². The standard InChI is InChI=1S/C8H19N3O2S/c1-7(2)8(9)10-5-6-14(12,13)11(3)4/h7H,5-6H2,1-4H3,(H2,9,10). The van der Waals surface area contributed by atoms with Crippen molar-refractivity contribution < 1.29 is 8.42 Å². The van der Waals surface area contributed by atoms with Crippen molar-refractivity contribution in [3.05, 3.63) is 0 Å². The van der Waals surface area contributed by atoms with Crippen LogP contribution in [-0.4, -0.2) is 45.0 Å². The van der Waals surface area contributed by atoms with Crippen LogP contribution in [0, 0.1) is 5.92 Å². The lowest BCUT2D eigenvalue weighted by molar-refractivity contribution is 0.521. The second-order valence-corrected chi connectivity index (χ2v) is 5.86. The molecular weight excluding hydrogens is 202 g/mol. The number of amidine groups is 1. The number of nitrogens with zero attached hydrogens (tertiary/aromatic N) is 2. The SMILES string of the molecule is CC(C)C(N)=NCCS(=O)(=O)N(C)C. The molecule has 2 N–H and O–H groups in total. The van der Waals surface area contributed by atoms with Gasteiger partial charge in [0.15, 0.2) is 0 Å². The van der Waals surface area contributed by atoms with E-state index in [0.29, 0.717) is 5.84 Å². The van der Waals surface area contributed by atoms with Crippen molar-refractivity contribution >= 4 is 15.9 Å². The third-order valence-electron chi connectivity index (χ3n) is 1.79. The van der Waals surface area contributed by atoms with Crippen LogP contribution in [0.5, 0.6) is 0 Å². The average Bonchev–Trinajstić information content (AvgIpc) is 2.03. The van der Waals surface area contributed by atoms with Crippen molar-refractivity contribution in [3.8, 4) is 0 Å². The minimum absolute atomic E-state index is 0.00736. The van der Waals surface area contributed by atoms with Crippen LogP contribution in [-0.2, 0) is 10.0 Å². The Hall–Kier alpha value is -0.620. The molecule has 0 aromatic heterocycles. The highest BCUT2D eigenvalue weighted by atomic mass is 32.2. The molecule has 14 heavy (non-hydrogen) atoms. The first kappa shape index (κ1) is 13.4. The van der Waals surface area contributed by atoms with Crippen LogP contribution in [0.4, 0.5) is 0 Å². The fraction of sp³-hybridized carbons (Fsp3) is 0.875. The van der Waals surface area contributed by atoms with E-state index < -0.39 is 10.0 Å². The summed E-state index contributed by atoms with van der Waals surface area (Å²) in [5, 5.41) is 0. The molecule has 0 saturated carbocycles. The maximum absolute atomic E-state index is 11.3. The molecule has 84 valence electrons. The highest BCUT2D eigenvalue weighted by Crippen LogP contribution is 1.96. The van der Waals surface area contributed by atoms with Gasteiger partial charge in [0, 0.05) is 20.0 Å². The predicted octanol–water partition coefficient (Wildman–Crippen LogP) is -0.109. The van der Waals surface area contributed by atoms with Crippen molar-refractivity contribution in [1.82, 2.24) is 4.31 Å². The van der Waals surface area contributed by atoms with Crippen LogP contribution < -0.4 is 5.73 Å². The molecule has 0 radical (unpaired) electrons. The van der Waals surface area contributed by atoms with E-state index in [1.54, 1.807) is 0 Å². The van der Waals surface area contributed by atoms with E-state index >= 15 is 0 Å². The first-order valence-electron chi connectivity index (χ1n) is 4.47. The Morgan fingerprint density at radius 3 is 2.29 bits per heavy atom. The lowest BCUT2D eigenvalue weighted by Crippen LogP contribution is -2.27. The molecule has 0 aliphatic heterocycles. The van der Waals surface area contributed by atoms with Gasteiger partial charge >= 0.3 is 0 Å². The van der Waals surface area contributed by atoms with Gasteiger partial charge in [0.05, 0.1) is 18.1 Å². The molecular formula is C8H19N3O2S. The summed E-state index contributed by atoms with van der Waals surface area (Å²) < 4.78 is 23.8. The van der Waals surface area contributed by atoms with Crippen LogP contribution in [0.1, 0.15) is 13.8 Å². The zero-order valence-electron chi connectivity index (χ0n) is 9.19. The van der Waals surface area contributed by atoms with Crippen LogP contribution in [0.3, 0.4) is 0 Å². The number of hydrogen-bond acceptors (Lipinski definition) is 3. The first-order valence-corrected chi connectivity index (χ1v) is 6.08. The quantitative estimate of drug-likeness (QED) is 0.520. The monoisotopic (exact) mass is 221 g/mol. The molecule has 0 heterocycles. The highest BCUT2D eigenvalue weighted by molar-refractivity contribution is 7.89. The van der Waals surface area contributed by atoms with Crippen molar-refractivity contribution in [2.45, 2.75) is 13.8 Å². The van der Waals surface area contributed by atoms with E-state index in [2.05, 4.69) is 4.99 Å². The van der Waals surface area contributed by atoms with E-state index in [1.165, 1.54) is 18.4 Å². The van der Waals surface area contributed by atoms with E-state index in [1.807, 2.05) is 13.8 Å². The Morgan fingerprint density at radius 1 is 1.43 bits per heavy atom. The summed E-state index contributed by atoms with van der Waals surface area (Å²) in [6.45, 7) is 4.06. The normalized spacial score (nSPS) is 14.0. The van der Waals surface area contributed by atoms with E-state index in [4.69, 9.17) is 5.73 Å². The first-order chi connectivity index (χ1) is 6.27. The maximum atomic E-state index is 11.3. The highest BCUT2D eigenvalue weighted by Gasteiger charge is 2.12. The molecule has 0 bridgehead atoms. The van der Waals surface area contributed by atoms with E-state index in [9.17, 15) is 8.42 Å². The Morgan fingerprint density at radius 2 is 1.93 bits per heavy atom. The van der Waals surface area contributed by atoms with Crippen LogP contribution in [0.25, 0.3) is 0 Å². The smallest absolute Gasteiger partial charge is 0.215 e. The molecule has 0 rings (SSSR count). The molecule has 0 aromatic carbocycles. The Labute approximate surface area is 86.0 Å². The number of hydrogen-bond donors (Lipinski definition) is 1. The van der Waals surface area contributed by atoms with Crippen molar-refractivity contribution in [1.29, 1.82) is 0 Å². The summed E-state index contributed by atoms with van der Waals surface area (Å²) in [6.07, 6.45) is 0. The number of aliphatic imine (C=N–C) groups is 1. The Kier molecular flexibility index (Phi) is 5.07. The van der Waals surface area contributed by atoms with Gasteiger partial charge < -0.3 is 5.73 Å². The van der Waals surface area contributed by atoms with Crippen molar-refractivity contribution in [3.63, 3.8) is 0 Å². The lowest BCUT2D eigenvalue weighted by Gasteiger charge is -2.10. The van der Waals surface area contributed by atoms with Gasteiger partial charge in [-0.25, -0.2) is 12.7 Å². The van der Waals surface area contributed by atoms with Crippen LogP contribution >= 0.6 is 0 Å². The topological polar surface area (TPSA) is 75.8 Å². The van der Waals surface area contributed by atoms with Gasteiger partial charge in [0.1, 0.15) is 0 Å². The van der Waals surface area contributed by atoms with Gasteiger partial charge in [-0.1, -0.05) is 13.8 Å². The molecule has 0 atom stereocenters. The summed E-state index contributed by atoms with van der Waals surface area (Å²) in [4.78, 5) is 3.98. The second-order valence-electron chi connectivity index (χ2n) is 3.56. The number of nitrogens with two attached hydrogens (primary N) is 1. The third-order valence-corrected chi connectivity index (χ3v) is 3.60. The number of rotatable bonds is 5. The summed E-state index contributed by atoms with van der Waals surface area (Å²) in [7, 11) is -0.139. The fourth-order valence-corrected chi connectivity index (χ4v) is 1.34. The third kappa shape index (κ3) is 4.57. The molecule has 0 aliphatic carbocycles. The largest absolute Gasteiger partial charge is 0.387 e. The van der Waals surface area contributed by atoms with Gasteiger partial charge in [-0.05, 0) is 0 Å². The lowest BCUT2D eigenvalue weighted by atomic mass is 10.2. The fourth-order valence-electron chi connectivity index (χ4n) is 0.655. The molecule has 0 fully saturated rings. The molecule has 0 aliphatic rings. The van der Waals surface area contributed by atoms with Gasteiger partial charge in [-0.2, -0.15) is 0 Å². The molecule has 6 heteroatoms. The number of sulfonamides is 1. The van der Waals surface area contributed by atoms with Gasteiger partial charge in [0.2, 0.25) is 10.0 Å². The van der Waals surface area contributed by atoms with Gasteiger partial charge in [-0.15, -0.1) is 0 Å². The molecule has 0 saturated heterocycles. The van der Waals surface area contributed by atoms with E-state index in [-0.39, 0.29) is 18.2 Å². The zero-order chi connectivity index (χ0) is 11.4. The summed E-state index contributed by atoms with van der Waals surface area (Å²) in [5.74, 6) is 0.670. The average molecular weight is 221 g/mol.